The molecular formula is C29H30N2O6. The van der Waals surface area contributed by atoms with Gasteiger partial charge < -0.3 is 24.2 Å². The van der Waals surface area contributed by atoms with Crippen LogP contribution in [-0.4, -0.2) is 47.5 Å². The Morgan fingerprint density at radius 1 is 1.03 bits per heavy atom. The smallest absolute Gasteiger partial charge is 0.295 e. The number of amides is 1. The summed E-state index contributed by atoms with van der Waals surface area (Å²) in [6.45, 7) is 2.81. The van der Waals surface area contributed by atoms with Crippen LogP contribution < -0.4 is 14.2 Å². The van der Waals surface area contributed by atoms with E-state index < -0.39 is 17.7 Å². The molecular weight excluding hydrogens is 472 g/mol. The number of nitrogens with zero attached hydrogens (tertiary/aromatic N) is 2. The molecule has 192 valence electrons. The second-order valence-corrected chi connectivity index (χ2v) is 8.62. The van der Waals surface area contributed by atoms with Crippen LogP contribution in [0.5, 0.6) is 17.2 Å². The van der Waals surface area contributed by atoms with Crippen LogP contribution in [0.3, 0.4) is 0 Å². The van der Waals surface area contributed by atoms with Crippen molar-refractivity contribution in [3.05, 3.63) is 89.3 Å². The highest BCUT2D eigenvalue weighted by Gasteiger charge is 2.47. The lowest BCUT2D eigenvalue weighted by Crippen LogP contribution is -2.29. The summed E-state index contributed by atoms with van der Waals surface area (Å²) in [6, 6.07) is 14.7. The summed E-state index contributed by atoms with van der Waals surface area (Å²) in [6.07, 6.45) is 5.23. The summed E-state index contributed by atoms with van der Waals surface area (Å²) in [5.74, 6) is -0.109. The van der Waals surface area contributed by atoms with E-state index >= 15 is 0 Å². The number of likely N-dealkylation sites (tertiary alicyclic amines) is 1. The number of Topliss-reactive ketones (excluding diaryl/α,β-unsaturated/α-hetero) is 1. The van der Waals surface area contributed by atoms with Crippen molar-refractivity contribution in [2.45, 2.75) is 32.4 Å². The van der Waals surface area contributed by atoms with E-state index in [9.17, 15) is 14.7 Å². The lowest BCUT2D eigenvalue weighted by atomic mass is 9.94. The number of aliphatic hydroxyl groups is 1. The number of ketones is 1. The third kappa shape index (κ3) is 5.43. The summed E-state index contributed by atoms with van der Waals surface area (Å²) in [5, 5.41) is 11.4. The SMILES string of the molecule is CCCCOc1ccc(C(O)=C2C(=O)C(=O)N(Cc3cccnc3)C2c2ccc(OC)cc2OC)cc1. The number of carbonyl (C=O) groups excluding carboxylic acids is 2. The molecule has 1 aliphatic rings. The van der Waals surface area contributed by atoms with E-state index in [-0.39, 0.29) is 17.9 Å². The predicted octanol–water partition coefficient (Wildman–Crippen LogP) is 4.90. The Hall–Kier alpha value is -4.33. The molecule has 0 bridgehead atoms. The number of aliphatic hydroxyl groups excluding tert-OH is 1. The highest BCUT2D eigenvalue weighted by Crippen LogP contribution is 2.44. The van der Waals surface area contributed by atoms with Crippen LogP contribution in [-0.2, 0) is 16.1 Å². The molecule has 1 amide bonds. The molecule has 8 heteroatoms. The molecule has 2 aromatic carbocycles. The van der Waals surface area contributed by atoms with Crippen LogP contribution in [0.4, 0.5) is 0 Å². The van der Waals surface area contributed by atoms with Crippen LogP contribution in [0.2, 0.25) is 0 Å². The number of ether oxygens (including phenoxy) is 3. The molecule has 1 atom stereocenters. The topological polar surface area (TPSA) is 98.2 Å². The van der Waals surface area contributed by atoms with Gasteiger partial charge in [0.2, 0.25) is 0 Å². The zero-order valence-corrected chi connectivity index (χ0v) is 21.1. The van der Waals surface area contributed by atoms with E-state index in [1.807, 2.05) is 6.07 Å². The average molecular weight is 503 g/mol. The van der Waals surface area contributed by atoms with Crippen molar-refractivity contribution in [3.8, 4) is 17.2 Å². The van der Waals surface area contributed by atoms with Crippen molar-refractivity contribution in [2.75, 3.05) is 20.8 Å². The van der Waals surface area contributed by atoms with E-state index in [0.29, 0.717) is 35.0 Å². The number of benzene rings is 2. The van der Waals surface area contributed by atoms with Crippen LogP contribution >= 0.6 is 0 Å². The molecule has 37 heavy (non-hydrogen) atoms. The summed E-state index contributed by atoms with van der Waals surface area (Å²) in [5.41, 5.74) is 1.68. The van der Waals surface area contributed by atoms with Gasteiger partial charge in [-0.3, -0.25) is 14.6 Å². The summed E-state index contributed by atoms with van der Waals surface area (Å²) in [7, 11) is 3.04. The highest BCUT2D eigenvalue weighted by molar-refractivity contribution is 6.46. The first-order chi connectivity index (χ1) is 18.0. The second-order valence-electron chi connectivity index (χ2n) is 8.62. The van der Waals surface area contributed by atoms with Crippen molar-refractivity contribution in [1.29, 1.82) is 0 Å². The van der Waals surface area contributed by atoms with Crippen molar-refractivity contribution < 1.29 is 28.9 Å². The van der Waals surface area contributed by atoms with Gasteiger partial charge in [-0.05, 0) is 54.4 Å². The lowest BCUT2D eigenvalue weighted by Gasteiger charge is -2.26. The number of carbonyl (C=O) groups is 2. The zero-order chi connectivity index (χ0) is 26.4. The minimum atomic E-state index is -0.887. The highest BCUT2D eigenvalue weighted by atomic mass is 16.5. The largest absolute Gasteiger partial charge is 0.507 e. The second kappa shape index (κ2) is 11.6. The van der Waals surface area contributed by atoms with Crippen LogP contribution in [0.25, 0.3) is 5.76 Å². The minimum absolute atomic E-state index is 0.0167. The number of aromatic nitrogens is 1. The van der Waals surface area contributed by atoms with Crippen LogP contribution in [0.1, 0.15) is 42.5 Å². The molecule has 1 unspecified atom stereocenters. The molecule has 3 aromatic rings. The Kier molecular flexibility index (Phi) is 8.08. The van der Waals surface area contributed by atoms with Gasteiger partial charge in [0, 0.05) is 36.1 Å². The molecule has 1 fully saturated rings. The number of unbranched alkanes of at least 4 members (excludes halogenated alkanes) is 1. The van der Waals surface area contributed by atoms with E-state index in [1.165, 1.54) is 12.0 Å². The summed E-state index contributed by atoms with van der Waals surface area (Å²) >= 11 is 0. The maximum Gasteiger partial charge on any atom is 0.295 e. The Bertz CT molecular complexity index is 1290. The summed E-state index contributed by atoms with van der Waals surface area (Å²) in [4.78, 5) is 32.2. The minimum Gasteiger partial charge on any atom is -0.507 e. The monoisotopic (exact) mass is 502 g/mol. The fourth-order valence-corrected chi connectivity index (χ4v) is 4.30. The molecule has 1 saturated heterocycles. The van der Waals surface area contributed by atoms with Crippen molar-refractivity contribution in [1.82, 2.24) is 9.88 Å². The number of hydrogen-bond acceptors (Lipinski definition) is 7. The summed E-state index contributed by atoms with van der Waals surface area (Å²) < 4.78 is 16.6. The Labute approximate surface area is 216 Å². The standard InChI is InChI=1S/C29H30N2O6/c1-4-5-15-37-21-10-8-20(9-11-21)27(32)25-26(23-13-12-22(35-2)16-24(23)36-3)31(29(34)28(25)33)18-19-7-6-14-30-17-19/h6-14,16-17,26,32H,4-5,15,18H2,1-3H3. The van der Waals surface area contributed by atoms with Gasteiger partial charge in [-0.1, -0.05) is 19.4 Å². The van der Waals surface area contributed by atoms with Crippen molar-refractivity contribution in [3.63, 3.8) is 0 Å². The number of methoxy groups -OCH3 is 2. The van der Waals surface area contributed by atoms with Gasteiger partial charge >= 0.3 is 0 Å². The number of hydrogen-bond donors (Lipinski definition) is 1. The third-order valence-electron chi connectivity index (χ3n) is 6.25. The van der Waals surface area contributed by atoms with E-state index in [2.05, 4.69) is 11.9 Å². The quantitative estimate of drug-likeness (QED) is 0.182. The molecule has 4 rings (SSSR count). The maximum atomic E-state index is 13.4. The lowest BCUT2D eigenvalue weighted by molar-refractivity contribution is -0.140. The first-order valence-electron chi connectivity index (χ1n) is 12.1. The van der Waals surface area contributed by atoms with Gasteiger partial charge in [-0.25, -0.2) is 0 Å². The predicted molar refractivity (Wildman–Crippen MR) is 138 cm³/mol. The van der Waals surface area contributed by atoms with Gasteiger partial charge in [0.25, 0.3) is 11.7 Å². The van der Waals surface area contributed by atoms with Gasteiger partial charge in [-0.15, -0.1) is 0 Å². The molecule has 2 heterocycles. The van der Waals surface area contributed by atoms with Crippen molar-refractivity contribution >= 4 is 17.4 Å². The van der Waals surface area contributed by atoms with Gasteiger partial charge in [0.15, 0.2) is 0 Å². The van der Waals surface area contributed by atoms with E-state index in [1.54, 1.807) is 68.0 Å². The van der Waals surface area contributed by atoms with Gasteiger partial charge in [0.1, 0.15) is 23.0 Å². The Morgan fingerprint density at radius 2 is 1.78 bits per heavy atom. The third-order valence-corrected chi connectivity index (χ3v) is 6.25. The normalized spacial score (nSPS) is 16.6. The fraction of sp³-hybridized carbons (Fsp3) is 0.276. The number of pyridine rings is 1. The van der Waals surface area contributed by atoms with Gasteiger partial charge in [0.05, 0.1) is 32.4 Å². The van der Waals surface area contributed by atoms with Crippen LogP contribution in [0.15, 0.2) is 72.6 Å². The van der Waals surface area contributed by atoms with E-state index in [0.717, 1.165) is 18.4 Å². The molecule has 1 aromatic heterocycles. The van der Waals surface area contributed by atoms with Gasteiger partial charge in [-0.2, -0.15) is 0 Å². The molecule has 8 nitrogen and oxygen atoms in total. The molecule has 0 radical (unpaired) electrons. The Balaban J connectivity index is 1.80. The zero-order valence-electron chi connectivity index (χ0n) is 21.1. The molecule has 0 aliphatic carbocycles. The van der Waals surface area contributed by atoms with E-state index in [4.69, 9.17) is 14.2 Å². The number of rotatable bonds is 10. The molecule has 1 N–H and O–H groups in total. The Morgan fingerprint density at radius 3 is 2.43 bits per heavy atom. The van der Waals surface area contributed by atoms with Crippen LogP contribution in [0, 0.1) is 0 Å². The molecule has 0 saturated carbocycles. The first kappa shape index (κ1) is 25.8. The first-order valence-corrected chi connectivity index (χ1v) is 12.1. The fourth-order valence-electron chi connectivity index (χ4n) is 4.30. The maximum absolute atomic E-state index is 13.4. The molecule has 0 spiro atoms. The van der Waals surface area contributed by atoms with Crippen molar-refractivity contribution in [2.24, 2.45) is 0 Å². The average Bonchev–Trinajstić information content (AvgIpc) is 3.18. The molecule has 1 aliphatic heterocycles.